The van der Waals surface area contributed by atoms with Gasteiger partial charge < -0.3 is 10.1 Å². The Bertz CT molecular complexity index is 588. The lowest BCUT2D eigenvalue weighted by atomic mass is 10.1. The van der Waals surface area contributed by atoms with Gasteiger partial charge in [0.25, 0.3) is 0 Å². The number of rotatable bonds is 5. The highest BCUT2D eigenvalue weighted by molar-refractivity contribution is 9.10. The van der Waals surface area contributed by atoms with Crippen molar-refractivity contribution in [2.75, 3.05) is 7.11 Å². The third kappa shape index (κ3) is 3.75. The molecule has 2 rings (SSSR count). The molecule has 2 nitrogen and oxygen atoms in total. The maximum atomic E-state index is 6.00. The van der Waals surface area contributed by atoms with Crippen LogP contribution >= 0.6 is 27.5 Å². The predicted octanol–water partition coefficient (Wildman–Crippen LogP) is 4.96. The molecule has 1 N–H and O–H groups in total. The summed E-state index contributed by atoms with van der Waals surface area (Å²) in [6.07, 6.45) is 0. The van der Waals surface area contributed by atoms with Gasteiger partial charge in [-0.1, -0.05) is 35.9 Å². The highest BCUT2D eigenvalue weighted by Crippen LogP contribution is 2.26. The van der Waals surface area contributed by atoms with Gasteiger partial charge >= 0.3 is 0 Å². The van der Waals surface area contributed by atoms with Crippen LogP contribution in [0.15, 0.2) is 46.9 Å². The number of ether oxygens (including phenoxy) is 1. The van der Waals surface area contributed by atoms with E-state index in [1.807, 2.05) is 36.4 Å². The molecule has 0 aliphatic carbocycles. The van der Waals surface area contributed by atoms with Crippen molar-refractivity contribution in [3.05, 3.63) is 63.1 Å². The van der Waals surface area contributed by atoms with Crippen LogP contribution in [-0.2, 0) is 6.54 Å². The number of benzene rings is 2. The van der Waals surface area contributed by atoms with Crippen LogP contribution in [0.25, 0.3) is 0 Å². The van der Waals surface area contributed by atoms with Gasteiger partial charge in [-0.25, -0.2) is 0 Å². The monoisotopic (exact) mass is 353 g/mol. The van der Waals surface area contributed by atoms with Crippen LogP contribution in [0.3, 0.4) is 0 Å². The molecule has 0 bridgehead atoms. The summed E-state index contributed by atoms with van der Waals surface area (Å²) in [5.41, 5.74) is 2.34. The highest BCUT2D eigenvalue weighted by Gasteiger charge is 2.10. The molecular formula is C16H17BrClNO. The molecule has 0 radical (unpaired) electrons. The quantitative estimate of drug-likeness (QED) is 0.819. The van der Waals surface area contributed by atoms with E-state index in [2.05, 4.69) is 34.2 Å². The van der Waals surface area contributed by atoms with Crippen LogP contribution in [0.1, 0.15) is 24.1 Å². The molecule has 0 amide bonds. The van der Waals surface area contributed by atoms with Crippen LogP contribution < -0.4 is 10.1 Å². The number of halogens is 2. The first-order valence-electron chi connectivity index (χ1n) is 6.42. The molecule has 0 fully saturated rings. The zero-order valence-corrected chi connectivity index (χ0v) is 13.8. The van der Waals surface area contributed by atoms with Gasteiger partial charge in [0, 0.05) is 22.6 Å². The van der Waals surface area contributed by atoms with Gasteiger partial charge in [-0.3, -0.25) is 0 Å². The van der Waals surface area contributed by atoms with Crippen molar-refractivity contribution in [1.82, 2.24) is 5.32 Å². The highest BCUT2D eigenvalue weighted by atomic mass is 79.9. The second-order valence-corrected chi connectivity index (χ2v) is 5.85. The van der Waals surface area contributed by atoms with Crippen LogP contribution in [-0.4, -0.2) is 7.11 Å². The van der Waals surface area contributed by atoms with Crippen molar-refractivity contribution in [3.8, 4) is 5.75 Å². The molecule has 0 unspecified atom stereocenters. The molecule has 0 spiro atoms. The van der Waals surface area contributed by atoms with Gasteiger partial charge in [0.2, 0.25) is 0 Å². The van der Waals surface area contributed by atoms with E-state index in [4.69, 9.17) is 16.3 Å². The van der Waals surface area contributed by atoms with Gasteiger partial charge in [0.15, 0.2) is 0 Å². The summed E-state index contributed by atoms with van der Waals surface area (Å²) in [5.74, 6) is 0.907. The standard InChI is InChI=1S/C16H17BrClNO/c1-11(13-5-3-4-6-16(13)20-2)19-10-12-7-8-15(18)14(17)9-12/h3-9,11,19H,10H2,1-2H3/t11-/m0/s1. The minimum atomic E-state index is 0.209. The molecule has 0 aliphatic rings. The molecular weight excluding hydrogens is 338 g/mol. The molecule has 1 atom stereocenters. The minimum Gasteiger partial charge on any atom is -0.496 e. The molecule has 2 aromatic carbocycles. The summed E-state index contributed by atoms with van der Waals surface area (Å²) in [4.78, 5) is 0. The zero-order chi connectivity index (χ0) is 14.5. The van der Waals surface area contributed by atoms with Crippen LogP contribution in [0, 0.1) is 0 Å². The maximum absolute atomic E-state index is 6.00. The van der Waals surface area contributed by atoms with Crippen LogP contribution in [0.5, 0.6) is 5.75 Å². The van der Waals surface area contributed by atoms with Gasteiger partial charge in [0.05, 0.1) is 12.1 Å². The van der Waals surface area contributed by atoms with Gasteiger partial charge in [0.1, 0.15) is 5.75 Å². The molecule has 0 saturated heterocycles. The Kier molecular flexibility index (Phi) is 5.46. The van der Waals surface area contributed by atoms with Crippen molar-refractivity contribution in [2.24, 2.45) is 0 Å². The summed E-state index contributed by atoms with van der Waals surface area (Å²) < 4.78 is 6.31. The molecule has 4 heteroatoms. The van der Waals surface area contributed by atoms with Gasteiger partial charge in [-0.15, -0.1) is 0 Å². The summed E-state index contributed by atoms with van der Waals surface area (Å²) in [6, 6.07) is 14.2. The average Bonchev–Trinajstić information content (AvgIpc) is 2.48. The van der Waals surface area contributed by atoms with Crippen molar-refractivity contribution in [1.29, 1.82) is 0 Å². The Balaban J connectivity index is 2.04. The molecule has 20 heavy (non-hydrogen) atoms. The number of hydrogen-bond acceptors (Lipinski definition) is 2. The average molecular weight is 355 g/mol. The van der Waals surface area contributed by atoms with Crippen LogP contribution in [0.2, 0.25) is 5.02 Å². The third-order valence-electron chi connectivity index (χ3n) is 3.20. The van der Waals surface area contributed by atoms with E-state index in [-0.39, 0.29) is 6.04 Å². The van der Waals surface area contributed by atoms with Crippen molar-refractivity contribution in [2.45, 2.75) is 19.5 Å². The largest absolute Gasteiger partial charge is 0.496 e. The van der Waals surface area contributed by atoms with Crippen molar-refractivity contribution < 1.29 is 4.74 Å². The lowest BCUT2D eigenvalue weighted by Gasteiger charge is -2.17. The third-order valence-corrected chi connectivity index (χ3v) is 4.42. The first kappa shape index (κ1) is 15.4. The zero-order valence-electron chi connectivity index (χ0n) is 11.5. The van der Waals surface area contributed by atoms with E-state index < -0.39 is 0 Å². The van der Waals surface area contributed by atoms with E-state index in [1.54, 1.807) is 7.11 Å². The van der Waals surface area contributed by atoms with E-state index in [0.717, 1.165) is 27.4 Å². The Hall–Kier alpha value is -1.03. The predicted molar refractivity (Wildman–Crippen MR) is 87.4 cm³/mol. The first-order chi connectivity index (χ1) is 9.61. The Labute approximate surface area is 133 Å². The smallest absolute Gasteiger partial charge is 0.123 e. The second kappa shape index (κ2) is 7.11. The van der Waals surface area contributed by atoms with Crippen molar-refractivity contribution in [3.63, 3.8) is 0 Å². The molecule has 0 aromatic heterocycles. The number of nitrogens with one attached hydrogen (secondary N) is 1. The fraction of sp³-hybridized carbons (Fsp3) is 0.250. The number of hydrogen-bond donors (Lipinski definition) is 1. The summed E-state index contributed by atoms with van der Waals surface area (Å²) in [6.45, 7) is 2.90. The van der Waals surface area contributed by atoms with Gasteiger partial charge in [-0.2, -0.15) is 0 Å². The lowest BCUT2D eigenvalue weighted by molar-refractivity contribution is 0.401. The van der Waals surface area contributed by atoms with E-state index in [0.29, 0.717) is 0 Å². The first-order valence-corrected chi connectivity index (χ1v) is 7.59. The summed E-state index contributed by atoms with van der Waals surface area (Å²) >= 11 is 9.44. The normalized spacial score (nSPS) is 12.2. The van der Waals surface area contributed by atoms with Gasteiger partial charge in [-0.05, 0) is 46.6 Å². The minimum absolute atomic E-state index is 0.209. The Morgan fingerprint density at radius 2 is 2.00 bits per heavy atom. The lowest BCUT2D eigenvalue weighted by Crippen LogP contribution is -2.18. The van der Waals surface area contributed by atoms with Crippen LogP contribution in [0.4, 0.5) is 0 Å². The van der Waals surface area contributed by atoms with E-state index in [1.165, 1.54) is 5.56 Å². The SMILES string of the molecule is COc1ccccc1[C@H](C)NCc1ccc(Cl)c(Br)c1. The fourth-order valence-corrected chi connectivity index (χ4v) is 2.60. The summed E-state index contributed by atoms with van der Waals surface area (Å²) in [7, 11) is 1.70. The second-order valence-electron chi connectivity index (χ2n) is 4.59. The Morgan fingerprint density at radius 3 is 2.70 bits per heavy atom. The molecule has 106 valence electrons. The topological polar surface area (TPSA) is 21.3 Å². The van der Waals surface area contributed by atoms with Crippen molar-refractivity contribution >= 4 is 27.5 Å². The molecule has 0 aliphatic heterocycles. The molecule has 0 saturated carbocycles. The molecule has 0 heterocycles. The fourth-order valence-electron chi connectivity index (χ4n) is 2.05. The summed E-state index contributed by atoms with van der Waals surface area (Å²) in [5, 5.41) is 4.22. The molecule has 2 aromatic rings. The number of methoxy groups -OCH3 is 1. The maximum Gasteiger partial charge on any atom is 0.123 e. The van der Waals surface area contributed by atoms with E-state index in [9.17, 15) is 0 Å². The number of para-hydroxylation sites is 1. The van der Waals surface area contributed by atoms with E-state index >= 15 is 0 Å². The Morgan fingerprint density at radius 1 is 1.25 bits per heavy atom.